The minimum atomic E-state index is -0.465. The fourth-order valence-electron chi connectivity index (χ4n) is 3.00. The van der Waals surface area contributed by atoms with E-state index in [0.29, 0.717) is 6.54 Å². The van der Waals surface area contributed by atoms with Gasteiger partial charge in [-0.05, 0) is 44.7 Å². The minimum Gasteiger partial charge on any atom is -0.458 e. The Hall–Kier alpha value is -2.90. The molecule has 1 heterocycles. The average molecular weight is 357 g/mol. The number of hydrogen-bond donors (Lipinski definition) is 2. The standard InChI is InChI=1S/C18H23N5O3/c1-2-19-18(25)20-13-8-10-15(11-9-13)26-17(24)16-12-23(22-21-16)14-6-4-3-5-7-14/h3-7,12-13,15H,2,8-11H2,1H3,(H2,19,20,25). The molecule has 26 heavy (non-hydrogen) atoms. The summed E-state index contributed by atoms with van der Waals surface area (Å²) in [6.45, 7) is 2.48. The molecule has 1 aliphatic rings. The zero-order chi connectivity index (χ0) is 18.4. The summed E-state index contributed by atoms with van der Waals surface area (Å²) in [7, 11) is 0. The van der Waals surface area contributed by atoms with Crippen molar-refractivity contribution in [2.24, 2.45) is 0 Å². The number of nitrogens with zero attached hydrogens (tertiary/aromatic N) is 3. The molecule has 1 aromatic heterocycles. The molecule has 8 nitrogen and oxygen atoms in total. The first-order valence-electron chi connectivity index (χ1n) is 8.89. The van der Waals surface area contributed by atoms with Gasteiger partial charge in [0.1, 0.15) is 6.10 Å². The summed E-state index contributed by atoms with van der Waals surface area (Å²) in [5, 5.41) is 13.5. The lowest BCUT2D eigenvalue weighted by Gasteiger charge is -2.28. The van der Waals surface area contributed by atoms with Crippen LogP contribution in [0.25, 0.3) is 5.69 Å². The van der Waals surface area contributed by atoms with Crippen molar-refractivity contribution in [1.82, 2.24) is 25.6 Å². The first kappa shape index (κ1) is 17.9. The molecule has 1 aromatic carbocycles. The average Bonchev–Trinajstić information content (AvgIpc) is 3.15. The Morgan fingerprint density at radius 1 is 1.19 bits per heavy atom. The third kappa shape index (κ3) is 4.59. The lowest BCUT2D eigenvalue weighted by atomic mass is 9.93. The molecule has 2 aromatic rings. The number of esters is 1. The monoisotopic (exact) mass is 357 g/mol. The second-order valence-corrected chi connectivity index (χ2v) is 6.27. The maximum atomic E-state index is 12.3. The highest BCUT2D eigenvalue weighted by Crippen LogP contribution is 2.22. The second kappa shape index (κ2) is 8.46. The van der Waals surface area contributed by atoms with Crippen LogP contribution >= 0.6 is 0 Å². The Morgan fingerprint density at radius 3 is 2.62 bits per heavy atom. The lowest BCUT2D eigenvalue weighted by molar-refractivity contribution is 0.0182. The number of rotatable bonds is 5. The SMILES string of the molecule is CCNC(=O)NC1CCC(OC(=O)c2cn(-c3ccccc3)nn2)CC1. The quantitative estimate of drug-likeness (QED) is 0.798. The number of aromatic nitrogens is 3. The van der Waals surface area contributed by atoms with Gasteiger partial charge in [-0.2, -0.15) is 0 Å². The molecule has 0 radical (unpaired) electrons. The highest BCUT2D eigenvalue weighted by atomic mass is 16.5. The van der Waals surface area contributed by atoms with Gasteiger partial charge in [0.25, 0.3) is 0 Å². The van der Waals surface area contributed by atoms with E-state index in [9.17, 15) is 9.59 Å². The Bertz CT molecular complexity index is 738. The third-order valence-electron chi connectivity index (χ3n) is 4.34. The third-order valence-corrected chi connectivity index (χ3v) is 4.34. The predicted octanol–water partition coefficient (Wildman–Crippen LogP) is 2.05. The maximum Gasteiger partial charge on any atom is 0.360 e. The zero-order valence-electron chi connectivity index (χ0n) is 14.7. The summed E-state index contributed by atoms with van der Waals surface area (Å²) in [5.74, 6) is -0.465. The number of nitrogens with one attached hydrogen (secondary N) is 2. The van der Waals surface area contributed by atoms with E-state index in [-0.39, 0.29) is 23.9 Å². The van der Waals surface area contributed by atoms with Crippen molar-refractivity contribution in [3.63, 3.8) is 0 Å². The van der Waals surface area contributed by atoms with Crippen LogP contribution in [0.3, 0.4) is 0 Å². The highest BCUT2D eigenvalue weighted by molar-refractivity contribution is 5.87. The molecular weight excluding hydrogens is 334 g/mol. The zero-order valence-corrected chi connectivity index (χ0v) is 14.7. The van der Waals surface area contributed by atoms with E-state index < -0.39 is 5.97 Å². The number of amides is 2. The summed E-state index contributed by atoms with van der Waals surface area (Å²) < 4.78 is 7.09. The molecule has 138 valence electrons. The number of urea groups is 1. The molecule has 1 fully saturated rings. The summed E-state index contributed by atoms with van der Waals surface area (Å²) in [4.78, 5) is 23.8. The van der Waals surface area contributed by atoms with Crippen LogP contribution in [0.5, 0.6) is 0 Å². The van der Waals surface area contributed by atoms with Gasteiger partial charge in [-0.15, -0.1) is 5.10 Å². The smallest absolute Gasteiger partial charge is 0.360 e. The molecule has 2 amide bonds. The molecule has 3 rings (SSSR count). The van der Waals surface area contributed by atoms with Crippen molar-refractivity contribution >= 4 is 12.0 Å². The van der Waals surface area contributed by atoms with Gasteiger partial charge in [-0.1, -0.05) is 23.4 Å². The van der Waals surface area contributed by atoms with Crippen LogP contribution in [0.2, 0.25) is 0 Å². The largest absolute Gasteiger partial charge is 0.458 e. The number of benzene rings is 1. The van der Waals surface area contributed by atoms with Crippen molar-refractivity contribution < 1.29 is 14.3 Å². The van der Waals surface area contributed by atoms with Gasteiger partial charge in [-0.25, -0.2) is 14.3 Å². The molecule has 8 heteroatoms. The molecule has 0 saturated heterocycles. The van der Waals surface area contributed by atoms with Crippen LogP contribution in [0.1, 0.15) is 43.1 Å². The molecule has 0 spiro atoms. The molecule has 0 aliphatic heterocycles. The van der Waals surface area contributed by atoms with Gasteiger partial charge >= 0.3 is 12.0 Å². The minimum absolute atomic E-state index is 0.121. The Balaban J connectivity index is 1.49. The van der Waals surface area contributed by atoms with Gasteiger partial charge in [-0.3, -0.25) is 0 Å². The Kier molecular flexibility index (Phi) is 5.83. The maximum absolute atomic E-state index is 12.3. The van der Waals surface area contributed by atoms with Crippen molar-refractivity contribution in [3.05, 3.63) is 42.2 Å². The highest BCUT2D eigenvalue weighted by Gasteiger charge is 2.26. The van der Waals surface area contributed by atoms with Crippen molar-refractivity contribution in [3.8, 4) is 5.69 Å². The molecule has 1 saturated carbocycles. The Morgan fingerprint density at radius 2 is 1.92 bits per heavy atom. The van der Waals surface area contributed by atoms with E-state index in [1.807, 2.05) is 37.3 Å². The molecule has 1 aliphatic carbocycles. The first-order valence-corrected chi connectivity index (χ1v) is 8.89. The fourth-order valence-corrected chi connectivity index (χ4v) is 3.00. The van der Waals surface area contributed by atoms with Crippen LogP contribution in [-0.2, 0) is 4.74 Å². The van der Waals surface area contributed by atoms with Crippen LogP contribution < -0.4 is 10.6 Å². The fraction of sp³-hybridized carbons (Fsp3) is 0.444. The number of carbonyl (C=O) groups excluding carboxylic acids is 2. The molecule has 0 bridgehead atoms. The summed E-state index contributed by atoms with van der Waals surface area (Å²) >= 11 is 0. The van der Waals surface area contributed by atoms with Crippen molar-refractivity contribution in [2.45, 2.75) is 44.8 Å². The van der Waals surface area contributed by atoms with Gasteiger partial charge in [0.2, 0.25) is 0 Å². The second-order valence-electron chi connectivity index (χ2n) is 6.27. The van der Waals surface area contributed by atoms with Gasteiger partial charge in [0, 0.05) is 12.6 Å². The van der Waals surface area contributed by atoms with Crippen LogP contribution in [0, 0.1) is 0 Å². The van der Waals surface area contributed by atoms with Gasteiger partial charge in [0.15, 0.2) is 5.69 Å². The van der Waals surface area contributed by atoms with E-state index in [0.717, 1.165) is 31.4 Å². The lowest BCUT2D eigenvalue weighted by Crippen LogP contribution is -2.44. The summed E-state index contributed by atoms with van der Waals surface area (Å²) in [5.41, 5.74) is 1.02. The van der Waals surface area contributed by atoms with E-state index in [4.69, 9.17) is 4.74 Å². The van der Waals surface area contributed by atoms with Crippen LogP contribution in [0.15, 0.2) is 36.5 Å². The van der Waals surface area contributed by atoms with E-state index in [1.54, 1.807) is 10.9 Å². The summed E-state index contributed by atoms with van der Waals surface area (Å²) in [6.07, 6.45) is 4.42. The Labute approximate surface area is 151 Å². The van der Waals surface area contributed by atoms with Crippen LogP contribution in [-0.4, -0.2) is 45.7 Å². The van der Waals surface area contributed by atoms with E-state index in [1.165, 1.54) is 0 Å². The first-order chi connectivity index (χ1) is 12.7. The number of para-hydroxylation sites is 1. The van der Waals surface area contributed by atoms with E-state index >= 15 is 0 Å². The van der Waals surface area contributed by atoms with E-state index in [2.05, 4.69) is 20.9 Å². The predicted molar refractivity (Wildman–Crippen MR) is 95.0 cm³/mol. The van der Waals surface area contributed by atoms with Crippen molar-refractivity contribution in [1.29, 1.82) is 0 Å². The number of hydrogen-bond acceptors (Lipinski definition) is 5. The van der Waals surface area contributed by atoms with Gasteiger partial charge < -0.3 is 15.4 Å². The van der Waals surface area contributed by atoms with Crippen LogP contribution in [0.4, 0.5) is 4.79 Å². The molecular formula is C18H23N5O3. The molecule has 0 unspecified atom stereocenters. The number of ether oxygens (including phenoxy) is 1. The molecule has 2 N–H and O–H groups in total. The normalized spacial score (nSPS) is 19.6. The number of carbonyl (C=O) groups is 2. The topological polar surface area (TPSA) is 98.1 Å². The van der Waals surface area contributed by atoms with Crippen molar-refractivity contribution in [2.75, 3.05) is 6.54 Å². The summed E-state index contributed by atoms with van der Waals surface area (Å²) in [6, 6.07) is 9.43. The molecule has 0 atom stereocenters. The van der Waals surface area contributed by atoms with Gasteiger partial charge in [0.05, 0.1) is 11.9 Å².